The van der Waals surface area contributed by atoms with Crippen molar-refractivity contribution in [3.05, 3.63) is 71.8 Å². The Morgan fingerprint density at radius 3 is 2.74 bits per heavy atom. The van der Waals surface area contributed by atoms with E-state index in [4.69, 9.17) is 4.74 Å². The van der Waals surface area contributed by atoms with Gasteiger partial charge in [-0.05, 0) is 18.2 Å². The molecule has 2 aromatic carbocycles. The van der Waals surface area contributed by atoms with Gasteiger partial charge < -0.3 is 14.6 Å². The molecule has 5 nitrogen and oxygen atoms in total. The fourth-order valence-electron chi connectivity index (χ4n) is 2.81. The molecule has 1 N–H and O–H groups in total. The topological polar surface area (TPSA) is 52.0 Å². The molecule has 116 valence electrons. The highest BCUT2D eigenvalue weighted by atomic mass is 16.5. The predicted octanol–water partition coefficient (Wildman–Crippen LogP) is 2.87. The molecule has 0 unspecified atom stereocenters. The van der Waals surface area contributed by atoms with E-state index in [0.717, 1.165) is 42.6 Å². The molecule has 3 aromatic rings. The summed E-state index contributed by atoms with van der Waals surface area (Å²) in [6.07, 6.45) is 0.823. The first-order valence-electron chi connectivity index (χ1n) is 7.81. The molecule has 0 spiro atoms. The molecule has 0 fully saturated rings. The van der Waals surface area contributed by atoms with Gasteiger partial charge in [-0.2, -0.15) is 0 Å². The van der Waals surface area contributed by atoms with Crippen LogP contribution in [0.3, 0.4) is 0 Å². The van der Waals surface area contributed by atoms with E-state index in [9.17, 15) is 0 Å². The molecule has 1 aliphatic heterocycles. The van der Waals surface area contributed by atoms with Crippen molar-refractivity contribution in [2.24, 2.45) is 0 Å². The van der Waals surface area contributed by atoms with E-state index in [0.29, 0.717) is 6.61 Å². The minimum absolute atomic E-state index is 0.468. The van der Waals surface area contributed by atoms with E-state index in [1.807, 2.05) is 36.4 Å². The van der Waals surface area contributed by atoms with E-state index in [1.165, 1.54) is 5.56 Å². The van der Waals surface area contributed by atoms with Crippen molar-refractivity contribution in [3.8, 4) is 5.75 Å². The molecule has 4 rings (SSSR count). The number of para-hydroxylation sites is 2. The summed E-state index contributed by atoms with van der Waals surface area (Å²) < 4.78 is 7.99. The lowest BCUT2D eigenvalue weighted by Crippen LogP contribution is -2.12. The lowest BCUT2D eigenvalue weighted by Gasteiger charge is -2.09. The van der Waals surface area contributed by atoms with Crippen molar-refractivity contribution in [2.75, 3.05) is 11.9 Å². The largest absolute Gasteiger partial charge is 0.485 e. The molecular weight excluding hydrogens is 288 g/mol. The van der Waals surface area contributed by atoms with Gasteiger partial charge in [0.2, 0.25) is 0 Å². The first kappa shape index (κ1) is 13.8. The number of hydrogen-bond acceptors (Lipinski definition) is 4. The fourth-order valence-corrected chi connectivity index (χ4v) is 2.81. The summed E-state index contributed by atoms with van der Waals surface area (Å²) in [6, 6.07) is 18.3. The number of benzene rings is 2. The predicted molar refractivity (Wildman–Crippen MR) is 88.5 cm³/mol. The van der Waals surface area contributed by atoms with E-state index in [1.54, 1.807) is 0 Å². The van der Waals surface area contributed by atoms with Gasteiger partial charge in [0.15, 0.2) is 5.82 Å². The van der Waals surface area contributed by atoms with Gasteiger partial charge in [0, 0.05) is 24.2 Å². The summed E-state index contributed by atoms with van der Waals surface area (Å²) in [7, 11) is 0. The van der Waals surface area contributed by atoms with Crippen molar-refractivity contribution >= 4 is 5.69 Å². The second-order valence-corrected chi connectivity index (χ2v) is 5.56. The molecule has 2 heterocycles. The maximum absolute atomic E-state index is 5.82. The second-order valence-electron chi connectivity index (χ2n) is 5.56. The van der Waals surface area contributed by atoms with Crippen LogP contribution in [-0.2, 0) is 19.6 Å². The van der Waals surface area contributed by atoms with Crippen LogP contribution in [-0.4, -0.2) is 21.3 Å². The Morgan fingerprint density at radius 1 is 1.00 bits per heavy atom. The lowest BCUT2D eigenvalue weighted by molar-refractivity contribution is 0.297. The van der Waals surface area contributed by atoms with Crippen LogP contribution >= 0.6 is 0 Å². The van der Waals surface area contributed by atoms with E-state index in [-0.39, 0.29) is 0 Å². The number of nitrogens with zero attached hydrogens (tertiary/aromatic N) is 3. The summed E-state index contributed by atoms with van der Waals surface area (Å²) in [6.45, 7) is 2.06. The second kappa shape index (κ2) is 6.12. The molecule has 1 aliphatic rings. The zero-order valence-electron chi connectivity index (χ0n) is 12.8. The summed E-state index contributed by atoms with van der Waals surface area (Å²) in [4.78, 5) is 0. The normalized spacial score (nSPS) is 12.7. The van der Waals surface area contributed by atoms with Crippen LogP contribution in [0, 0.1) is 0 Å². The summed E-state index contributed by atoms with van der Waals surface area (Å²) >= 11 is 0. The van der Waals surface area contributed by atoms with Crippen LogP contribution in [0.15, 0.2) is 54.6 Å². The Hall–Kier alpha value is -2.82. The first-order valence-corrected chi connectivity index (χ1v) is 7.81. The van der Waals surface area contributed by atoms with Crippen LogP contribution in [0.4, 0.5) is 5.69 Å². The van der Waals surface area contributed by atoms with Crippen molar-refractivity contribution < 1.29 is 4.74 Å². The van der Waals surface area contributed by atoms with E-state index in [2.05, 4.69) is 38.3 Å². The Morgan fingerprint density at radius 2 is 1.83 bits per heavy atom. The molecule has 1 aromatic heterocycles. The van der Waals surface area contributed by atoms with Gasteiger partial charge in [-0.1, -0.05) is 36.4 Å². The minimum atomic E-state index is 0.468. The molecule has 0 saturated carbocycles. The first-order chi connectivity index (χ1) is 11.4. The van der Waals surface area contributed by atoms with Gasteiger partial charge in [0.05, 0.1) is 6.54 Å². The molecular formula is C18H18N4O. The third kappa shape index (κ3) is 2.90. The van der Waals surface area contributed by atoms with Crippen LogP contribution in [0.5, 0.6) is 5.75 Å². The SMILES string of the molecule is c1ccc(NCCc2nnc3n2Cc2ccccc2OC3)cc1. The Kier molecular flexibility index (Phi) is 3.68. The van der Waals surface area contributed by atoms with E-state index >= 15 is 0 Å². The van der Waals surface area contributed by atoms with Gasteiger partial charge in [-0.3, -0.25) is 0 Å². The van der Waals surface area contributed by atoms with Crippen LogP contribution in [0.25, 0.3) is 0 Å². The van der Waals surface area contributed by atoms with E-state index < -0.39 is 0 Å². The lowest BCUT2D eigenvalue weighted by atomic mass is 10.2. The highest BCUT2D eigenvalue weighted by Gasteiger charge is 2.18. The minimum Gasteiger partial charge on any atom is -0.485 e. The van der Waals surface area contributed by atoms with Crippen LogP contribution < -0.4 is 10.1 Å². The maximum atomic E-state index is 5.82. The standard InChI is InChI=1S/C18H18N4O/c1-2-7-15(8-3-1)19-11-10-17-20-21-18-13-23-16-9-5-4-6-14(16)12-22(17)18/h1-9,19H,10-13H2. The molecule has 0 saturated heterocycles. The number of rotatable bonds is 4. The Labute approximate surface area is 134 Å². The van der Waals surface area contributed by atoms with Gasteiger partial charge in [-0.25, -0.2) is 0 Å². The van der Waals surface area contributed by atoms with Gasteiger partial charge in [-0.15, -0.1) is 10.2 Å². The molecule has 0 radical (unpaired) electrons. The zero-order valence-corrected chi connectivity index (χ0v) is 12.8. The average Bonchev–Trinajstić information content (AvgIpc) is 2.87. The quantitative estimate of drug-likeness (QED) is 0.805. The van der Waals surface area contributed by atoms with Crippen molar-refractivity contribution in [3.63, 3.8) is 0 Å². The number of nitrogens with one attached hydrogen (secondary N) is 1. The summed E-state index contributed by atoms with van der Waals surface area (Å²) in [5.74, 6) is 2.81. The van der Waals surface area contributed by atoms with Gasteiger partial charge in [0.1, 0.15) is 18.2 Å². The van der Waals surface area contributed by atoms with Crippen LogP contribution in [0.2, 0.25) is 0 Å². The number of aromatic nitrogens is 3. The summed E-state index contributed by atoms with van der Waals surface area (Å²) in [5, 5.41) is 12.0. The third-order valence-corrected chi connectivity index (χ3v) is 4.01. The van der Waals surface area contributed by atoms with Crippen molar-refractivity contribution in [1.82, 2.24) is 14.8 Å². The number of anilines is 1. The fraction of sp³-hybridized carbons (Fsp3) is 0.222. The Bertz CT molecular complexity index is 798. The monoisotopic (exact) mass is 306 g/mol. The molecule has 0 atom stereocenters. The summed E-state index contributed by atoms with van der Waals surface area (Å²) in [5.41, 5.74) is 2.29. The van der Waals surface area contributed by atoms with Crippen molar-refractivity contribution in [1.29, 1.82) is 0 Å². The smallest absolute Gasteiger partial charge is 0.171 e. The number of hydrogen-bond donors (Lipinski definition) is 1. The Balaban J connectivity index is 1.49. The highest BCUT2D eigenvalue weighted by molar-refractivity contribution is 5.42. The maximum Gasteiger partial charge on any atom is 0.171 e. The molecule has 0 amide bonds. The number of ether oxygens (including phenoxy) is 1. The average molecular weight is 306 g/mol. The van der Waals surface area contributed by atoms with Crippen molar-refractivity contribution in [2.45, 2.75) is 19.6 Å². The molecule has 0 bridgehead atoms. The number of fused-ring (bicyclic) bond motifs is 2. The zero-order chi connectivity index (χ0) is 15.5. The molecule has 5 heteroatoms. The van der Waals surface area contributed by atoms with Gasteiger partial charge >= 0.3 is 0 Å². The third-order valence-electron chi connectivity index (χ3n) is 4.01. The molecule has 23 heavy (non-hydrogen) atoms. The van der Waals surface area contributed by atoms with Gasteiger partial charge in [0.25, 0.3) is 0 Å². The molecule has 0 aliphatic carbocycles. The highest BCUT2D eigenvalue weighted by Crippen LogP contribution is 2.24. The van der Waals surface area contributed by atoms with Crippen LogP contribution in [0.1, 0.15) is 17.2 Å².